The molecule has 0 radical (unpaired) electrons. The van der Waals surface area contributed by atoms with E-state index < -0.39 is 0 Å². The van der Waals surface area contributed by atoms with Crippen molar-refractivity contribution in [2.75, 3.05) is 66.0 Å². The number of nitrogens with one attached hydrogen (secondary N) is 1. The monoisotopic (exact) mass is 436 g/mol. The zero-order valence-corrected chi connectivity index (χ0v) is 18.0. The Kier molecular flexibility index (Phi) is 11.1. The number of carbonyl (C=O) groups is 1. The summed E-state index contributed by atoms with van der Waals surface area (Å²) in [7, 11) is 1.62. The molecule has 1 aromatic carbocycles. The van der Waals surface area contributed by atoms with Crippen molar-refractivity contribution in [3.8, 4) is 5.75 Å². The van der Waals surface area contributed by atoms with Crippen LogP contribution in [-0.4, -0.2) is 86.6 Å². The van der Waals surface area contributed by atoms with E-state index in [1.807, 2.05) is 4.90 Å². The van der Waals surface area contributed by atoms with E-state index in [1.54, 1.807) is 19.2 Å². The molecule has 0 atom stereocenters. The van der Waals surface area contributed by atoms with Gasteiger partial charge < -0.3 is 19.9 Å². The van der Waals surface area contributed by atoms with Gasteiger partial charge in [0, 0.05) is 77.4 Å². The molecule has 0 aromatic heterocycles. The molecule has 28 heavy (non-hydrogen) atoms. The van der Waals surface area contributed by atoms with Crippen LogP contribution in [0.5, 0.6) is 5.75 Å². The smallest absolute Gasteiger partial charge is 0.223 e. The molecule has 9 heteroatoms. The Labute approximate surface area is 179 Å². The maximum Gasteiger partial charge on any atom is 0.223 e. The van der Waals surface area contributed by atoms with Crippen LogP contribution in [-0.2, 0) is 11.3 Å². The first-order chi connectivity index (χ1) is 12.7. The van der Waals surface area contributed by atoms with E-state index in [0.717, 1.165) is 70.2 Å². The summed E-state index contributed by atoms with van der Waals surface area (Å²) in [5.74, 6) is 0.764. The lowest BCUT2D eigenvalue weighted by Gasteiger charge is -2.35. The van der Waals surface area contributed by atoms with Crippen molar-refractivity contribution >= 4 is 30.7 Å². The van der Waals surface area contributed by atoms with Gasteiger partial charge in [-0.1, -0.05) is 0 Å². The van der Waals surface area contributed by atoms with Crippen LogP contribution in [0, 0.1) is 5.82 Å². The first kappa shape index (κ1) is 24.9. The van der Waals surface area contributed by atoms with E-state index in [1.165, 1.54) is 6.07 Å². The minimum atomic E-state index is -0.231. The number of nitrogens with zero attached hydrogens (tertiary/aromatic N) is 3. The quantitative estimate of drug-likeness (QED) is 0.733. The Balaban J connectivity index is 0.00000196. The minimum absolute atomic E-state index is 0. The summed E-state index contributed by atoms with van der Waals surface area (Å²) in [5, 5.41) is 3.27. The summed E-state index contributed by atoms with van der Waals surface area (Å²) in [6, 6.07) is 4.66. The molecule has 0 unspecified atom stereocenters. The molecule has 2 fully saturated rings. The van der Waals surface area contributed by atoms with Crippen molar-refractivity contribution in [1.29, 1.82) is 0 Å². The van der Waals surface area contributed by atoms with Crippen molar-refractivity contribution in [1.82, 2.24) is 20.0 Å². The highest BCUT2D eigenvalue weighted by Crippen LogP contribution is 2.21. The number of rotatable bonds is 6. The number of hydrogen-bond donors (Lipinski definition) is 1. The average molecular weight is 437 g/mol. The van der Waals surface area contributed by atoms with E-state index in [0.29, 0.717) is 13.0 Å². The second kappa shape index (κ2) is 12.4. The molecule has 0 aliphatic carbocycles. The Hall–Kier alpha value is -1.12. The van der Waals surface area contributed by atoms with E-state index in [-0.39, 0.29) is 36.5 Å². The van der Waals surface area contributed by atoms with Crippen LogP contribution < -0.4 is 10.1 Å². The highest BCUT2D eigenvalue weighted by atomic mass is 35.5. The van der Waals surface area contributed by atoms with Gasteiger partial charge in [0.15, 0.2) is 0 Å². The fourth-order valence-corrected chi connectivity index (χ4v) is 3.61. The van der Waals surface area contributed by atoms with Crippen molar-refractivity contribution in [3.63, 3.8) is 0 Å². The molecule has 1 aromatic rings. The Morgan fingerprint density at radius 2 is 1.71 bits per heavy atom. The van der Waals surface area contributed by atoms with Crippen LogP contribution in [0.15, 0.2) is 18.2 Å². The third-order valence-electron chi connectivity index (χ3n) is 5.21. The number of hydrogen-bond acceptors (Lipinski definition) is 5. The number of methoxy groups -OCH3 is 1. The zero-order valence-electron chi connectivity index (χ0n) is 16.4. The lowest BCUT2D eigenvalue weighted by molar-refractivity contribution is -0.132. The van der Waals surface area contributed by atoms with Gasteiger partial charge in [-0.15, -0.1) is 24.8 Å². The molecule has 160 valence electrons. The van der Waals surface area contributed by atoms with Crippen molar-refractivity contribution < 1.29 is 13.9 Å². The molecular weight excluding hydrogens is 406 g/mol. The standard InChI is InChI=1S/C19H29FN4O2.2ClH/c1-26-18-3-2-17(20)14-16(18)15-23-12-10-22(11-13-23)7-4-19(25)24-8-5-21-6-9-24;;/h2-3,14,21H,4-13,15H2,1H3;2*1H. The van der Waals surface area contributed by atoms with Gasteiger partial charge in [-0.05, 0) is 18.2 Å². The molecule has 6 nitrogen and oxygen atoms in total. The zero-order chi connectivity index (χ0) is 18.4. The summed E-state index contributed by atoms with van der Waals surface area (Å²) >= 11 is 0. The molecule has 1 N–H and O–H groups in total. The SMILES string of the molecule is COc1ccc(F)cc1CN1CCN(CCC(=O)N2CCNCC2)CC1.Cl.Cl. The van der Waals surface area contributed by atoms with Gasteiger partial charge in [-0.3, -0.25) is 9.69 Å². The second-order valence-electron chi connectivity index (χ2n) is 6.95. The fourth-order valence-electron chi connectivity index (χ4n) is 3.61. The molecule has 3 rings (SSSR count). The summed E-state index contributed by atoms with van der Waals surface area (Å²) in [6.45, 7) is 8.66. The number of benzene rings is 1. The highest BCUT2D eigenvalue weighted by Gasteiger charge is 2.21. The van der Waals surface area contributed by atoms with E-state index in [2.05, 4.69) is 15.1 Å². The third kappa shape index (κ3) is 7.04. The number of amides is 1. The summed E-state index contributed by atoms with van der Waals surface area (Å²) in [5.41, 5.74) is 0.884. The van der Waals surface area contributed by atoms with Crippen molar-refractivity contribution in [3.05, 3.63) is 29.6 Å². The number of ether oxygens (including phenoxy) is 1. The molecule has 2 aliphatic heterocycles. The molecule has 2 heterocycles. The average Bonchev–Trinajstić information content (AvgIpc) is 2.68. The largest absolute Gasteiger partial charge is 0.496 e. The number of carbonyl (C=O) groups excluding carboxylic acids is 1. The molecule has 2 saturated heterocycles. The fraction of sp³-hybridized carbons (Fsp3) is 0.632. The van der Waals surface area contributed by atoms with Gasteiger partial charge in [0.1, 0.15) is 11.6 Å². The number of halogens is 3. The maximum absolute atomic E-state index is 13.5. The first-order valence-corrected chi connectivity index (χ1v) is 9.41. The van der Waals surface area contributed by atoms with Crippen LogP contribution >= 0.6 is 24.8 Å². The van der Waals surface area contributed by atoms with Crippen LogP contribution in [0.4, 0.5) is 4.39 Å². The molecule has 0 bridgehead atoms. The van der Waals surface area contributed by atoms with Gasteiger partial charge in [-0.2, -0.15) is 0 Å². The minimum Gasteiger partial charge on any atom is -0.496 e. The van der Waals surface area contributed by atoms with E-state index in [9.17, 15) is 9.18 Å². The van der Waals surface area contributed by atoms with Gasteiger partial charge in [0.05, 0.1) is 7.11 Å². The first-order valence-electron chi connectivity index (χ1n) is 9.41. The van der Waals surface area contributed by atoms with E-state index >= 15 is 0 Å². The molecular formula is C19H31Cl2FN4O2. The molecule has 2 aliphatic rings. The Morgan fingerprint density at radius 3 is 2.36 bits per heavy atom. The van der Waals surface area contributed by atoms with E-state index in [4.69, 9.17) is 4.74 Å². The van der Waals surface area contributed by atoms with Crippen LogP contribution in [0.1, 0.15) is 12.0 Å². The lowest BCUT2D eigenvalue weighted by atomic mass is 10.1. The summed E-state index contributed by atoms with van der Waals surface area (Å²) in [4.78, 5) is 18.9. The van der Waals surface area contributed by atoms with Gasteiger partial charge >= 0.3 is 0 Å². The number of piperazine rings is 2. The topological polar surface area (TPSA) is 48.1 Å². The predicted octanol–water partition coefficient (Wildman–Crippen LogP) is 1.62. The van der Waals surface area contributed by atoms with Crippen molar-refractivity contribution in [2.45, 2.75) is 13.0 Å². The van der Waals surface area contributed by atoms with Gasteiger partial charge in [0.2, 0.25) is 5.91 Å². The van der Waals surface area contributed by atoms with Crippen molar-refractivity contribution in [2.24, 2.45) is 0 Å². The van der Waals surface area contributed by atoms with Crippen LogP contribution in [0.25, 0.3) is 0 Å². The third-order valence-corrected chi connectivity index (χ3v) is 5.21. The lowest BCUT2D eigenvalue weighted by Crippen LogP contribution is -2.49. The predicted molar refractivity (Wildman–Crippen MR) is 113 cm³/mol. The molecule has 0 saturated carbocycles. The summed E-state index contributed by atoms with van der Waals surface area (Å²) in [6.07, 6.45) is 0.595. The maximum atomic E-state index is 13.5. The van der Waals surface area contributed by atoms with Gasteiger partial charge in [0.25, 0.3) is 0 Å². The Bertz CT molecular complexity index is 610. The Morgan fingerprint density at radius 1 is 1.07 bits per heavy atom. The van der Waals surface area contributed by atoms with Gasteiger partial charge in [-0.25, -0.2) is 4.39 Å². The van der Waals surface area contributed by atoms with Crippen LogP contribution in [0.3, 0.4) is 0 Å². The molecule has 0 spiro atoms. The normalized spacial score (nSPS) is 18.1. The second-order valence-corrected chi connectivity index (χ2v) is 6.95. The summed E-state index contributed by atoms with van der Waals surface area (Å²) < 4.78 is 18.8. The van der Waals surface area contributed by atoms with Crippen LogP contribution in [0.2, 0.25) is 0 Å². The highest BCUT2D eigenvalue weighted by molar-refractivity contribution is 5.85. The molecule has 1 amide bonds.